The monoisotopic (exact) mass is 686 g/mol. The number of amides is 3. The van der Waals surface area contributed by atoms with E-state index in [1.54, 1.807) is 79.8 Å². The third-order valence-corrected chi connectivity index (χ3v) is 7.84. The van der Waals surface area contributed by atoms with E-state index in [-0.39, 0.29) is 30.3 Å². The van der Waals surface area contributed by atoms with Crippen LogP contribution in [0.25, 0.3) is 21.9 Å². The van der Waals surface area contributed by atoms with Crippen molar-refractivity contribution in [2.24, 2.45) is 0 Å². The molecule has 13 nitrogen and oxygen atoms in total. The molecule has 0 atom stereocenters. The first kappa shape index (κ1) is 34.2. The Labute approximate surface area is 288 Å². The minimum Gasteiger partial charge on any atom is -0.474 e. The van der Waals surface area contributed by atoms with Crippen LogP contribution in [0.15, 0.2) is 42.7 Å². The number of fused-ring (bicyclic) bond motifs is 3. The fourth-order valence-electron chi connectivity index (χ4n) is 5.69. The Morgan fingerprint density at radius 1 is 0.980 bits per heavy atom. The number of ether oxygens (including phenoxy) is 4. The molecule has 0 fully saturated rings. The molecule has 2 aliphatic heterocycles. The number of rotatable bonds is 4. The SMILES string of the molecule is Cc1c(-c2cc3cc(Nc4ccc5c(c4)CN(C)C(=O)O5)ncc3c(NC(=O)OC(C)(C)C)c2F)cnc2c1N(C(=O)OC(C)(C)C)CCO2. The summed E-state index contributed by atoms with van der Waals surface area (Å²) in [5.41, 5.74) is 1.15. The highest BCUT2D eigenvalue weighted by molar-refractivity contribution is 6.04. The van der Waals surface area contributed by atoms with Gasteiger partial charge in [0.15, 0.2) is 5.82 Å². The van der Waals surface area contributed by atoms with Gasteiger partial charge in [0.1, 0.15) is 35.1 Å². The molecule has 262 valence electrons. The van der Waals surface area contributed by atoms with E-state index in [1.807, 2.05) is 6.07 Å². The van der Waals surface area contributed by atoms with Crippen molar-refractivity contribution < 1.29 is 37.7 Å². The zero-order valence-electron chi connectivity index (χ0n) is 29.2. The minimum absolute atomic E-state index is 0.113. The van der Waals surface area contributed by atoms with Crippen molar-refractivity contribution in [1.82, 2.24) is 14.9 Å². The summed E-state index contributed by atoms with van der Waals surface area (Å²) in [5.74, 6) is 0.389. The fourth-order valence-corrected chi connectivity index (χ4v) is 5.69. The van der Waals surface area contributed by atoms with Crippen molar-refractivity contribution >= 4 is 51.9 Å². The summed E-state index contributed by atoms with van der Waals surface area (Å²) in [6.07, 6.45) is 1.08. The van der Waals surface area contributed by atoms with E-state index in [0.717, 1.165) is 5.56 Å². The third kappa shape index (κ3) is 7.05. The maximum Gasteiger partial charge on any atom is 0.415 e. The summed E-state index contributed by atoms with van der Waals surface area (Å²) < 4.78 is 39.0. The van der Waals surface area contributed by atoms with Gasteiger partial charge in [-0.05, 0) is 89.7 Å². The molecule has 0 saturated carbocycles. The summed E-state index contributed by atoms with van der Waals surface area (Å²) >= 11 is 0. The lowest BCUT2D eigenvalue weighted by molar-refractivity contribution is 0.0564. The normalized spacial score (nSPS) is 14.3. The predicted octanol–water partition coefficient (Wildman–Crippen LogP) is 7.91. The molecule has 0 bridgehead atoms. The smallest absolute Gasteiger partial charge is 0.415 e. The van der Waals surface area contributed by atoms with Crippen molar-refractivity contribution in [3.63, 3.8) is 0 Å². The van der Waals surface area contributed by atoms with Gasteiger partial charge in [0, 0.05) is 47.2 Å². The number of benzene rings is 2. The summed E-state index contributed by atoms with van der Waals surface area (Å²) in [4.78, 5) is 50.0. The zero-order valence-corrected chi connectivity index (χ0v) is 29.2. The van der Waals surface area contributed by atoms with E-state index in [9.17, 15) is 14.4 Å². The van der Waals surface area contributed by atoms with Gasteiger partial charge in [-0.25, -0.2) is 28.7 Å². The van der Waals surface area contributed by atoms with Crippen LogP contribution in [0, 0.1) is 12.7 Å². The third-order valence-electron chi connectivity index (χ3n) is 7.84. The molecule has 0 unspecified atom stereocenters. The van der Waals surface area contributed by atoms with Gasteiger partial charge in [0.05, 0.1) is 18.8 Å². The molecule has 4 aromatic rings. The van der Waals surface area contributed by atoms with Crippen LogP contribution in [0.4, 0.5) is 41.7 Å². The van der Waals surface area contributed by atoms with Crippen LogP contribution >= 0.6 is 0 Å². The first-order valence-corrected chi connectivity index (χ1v) is 16.1. The van der Waals surface area contributed by atoms with Crippen molar-refractivity contribution in [2.45, 2.75) is 66.2 Å². The number of nitrogens with zero attached hydrogens (tertiary/aromatic N) is 4. The van der Waals surface area contributed by atoms with Crippen LogP contribution < -0.4 is 25.0 Å². The van der Waals surface area contributed by atoms with E-state index >= 15 is 4.39 Å². The Morgan fingerprint density at radius 2 is 1.72 bits per heavy atom. The van der Waals surface area contributed by atoms with Crippen molar-refractivity contribution in [2.75, 3.05) is 35.7 Å². The van der Waals surface area contributed by atoms with Gasteiger partial charge < -0.3 is 29.2 Å². The van der Waals surface area contributed by atoms with Crippen LogP contribution in [0.3, 0.4) is 0 Å². The molecular weight excluding hydrogens is 647 g/mol. The van der Waals surface area contributed by atoms with Crippen molar-refractivity contribution in [1.29, 1.82) is 0 Å². The van der Waals surface area contributed by atoms with Gasteiger partial charge in [-0.2, -0.15) is 0 Å². The van der Waals surface area contributed by atoms with Gasteiger partial charge in [0.25, 0.3) is 0 Å². The van der Waals surface area contributed by atoms with E-state index in [1.165, 1.54) is 22.2 Å². The molecule has 14 heteroatoms. The Kier molecular flexibility index (Phi) is 8.66. The lowest BCUT2D eigenvalue weighted by atomic mass is 9.96. The van der Waals surface area contributed by atoms with Crippen LogP contribution in [0.1, 0.15) is 52.7 Å². The molecule has 2 aromatic carbocycles. The molecule has 50 heavy (non-hydrogen) atoms. The minimum atomic E-state index is -0.846. The number of aromatic nitrogens is 2. The first-order valence-electron chi connectivity index (χ1n) is 16.1. The van der Waals surface area contributed by atoms with E-state index in [0.29, 0.717) is 51.4 Å². The molecule has 6 rings (SSSR count). The van der Waals surface area contributed by atoms with Crippen LogP contribution in [-0.2, 0) is 16.0 Å². The zero-order chi connectivity index (χ0) is 36.1. The van der Waals surface area contributed by atoms with E-state index < -0.39 is 35.3 Å². The Bertz CT molecular complexity index is 2040. The largest absolute Gasteiger partial charge is 0.474 e. The predicted molar refractivity (Wildman–Crippen MR) is 186 cm³/mol. The number of hydrogen-bond acceptors (Lipinski definition) is 10. The van der Waals surface area contributed by atoms with Crippen LogP contribution in [-0.4, -0.2) is 64.5 Å². The van der Waals surface area contributed by atoms with Crippen LogP contribution in [0.2, 0.25) is 0 Å². The second-order valence-electron chi connectivity index (χ2n) is 14.1. The quantitative estimate of drug-likeness (QED) is 0.217. The van der Waals surface area contributed by atoms with Crippen molar-refractivity contribution in [3.05, 3.63) is 59.7 Å². The molecule has 3 amide bonds. The fraction of sp³-hybridized carbons (Fsp3) is 0.361. The Balaban J connectivity index is 1.45. The summed E-state index contributed by atoms with van der Waals surface area (Å²) in [6, 6.07) is 8.68. The Morgan fingerprint density at radius 3 is 2.44 bits per heavy atom. The lowest BCUT2D eigenvalue weighted by Crippen LogP contribution is -2.42. The van der Waals surface area contributed by atoms with Gasteiger partial charge in [-0.3, -0.25) is 10.2 Å². The number of carbonyl (C=O) groups excluding carboxylic acids is 3. The molecule has 0 spiro atoms. The van der Waals surface area contributed by atoms with Crippen LogP contribution in [0.5, 0.6) is 11.6 Å². The molecule has 2 N–H and O–H groups in total. The highest BCUT2D eigenvalue weighted by atomic mass is 19.1. The summed E-state index contributed by atoms with van der Waals surface area (Å²) in [7, 11) is 1.65. The molecule has 2 aliphatic rings. The second kappa shape index (κ2) is 12.7. The lowest BCUT2D eigenvalue weighted by Gasteiger charge is -2.32. The molecule has 4 heterocycles. The average Bonchev–Trinajstić information content (AvgIpc) is 3.01. The second-order valence-corrected chi connectivity index (χ2v) is 14.1. The number of pyridine rings is 2. The standard InChI is InChI=1S/C36H39FN6O7/c1-19-24(16-39-31-30(19)43(11-12-47-31)34(46)50-36(5,6)7)23-14-20-15-27(40-22-9-10-26-21(13-22)18-42(8)33(45)48-26)38-17-25(20)29(28(23)37)41-32(44)49-35(2,3)4/h9-10,13-17H,11-12,18H2,1-8H3,(H,38,40)(H,41,44). The average molecular weight is 687 g/mol. The molecular formula is C36H39FN6O7. The van der Waals surface area contributed by atoms with E-state index in [4.69, 9.17) is 18.9 Å². The highest BCUT2D eigenvalue weighted by Gasteiger charge is 2.32. The summed E-state index contributed by atoms with van der Waals surface area (Å²) in [5, 5.41) is 6.72. The Hall–Kier alpha value is -5.66. The van der Waals surface area contributed by atoms with Gasteiger partial charge in [-0.1, -0.05) is 0 Å². The number of halogens is 1. The summed E-state index contributed by atoms with van der Waals surface area (Å²) in [6.45, 7) is 13.0. The van der Waals surface area contributed by atoms with Gasteiger partial charge in [0.2, 0.25) is 5.88 Å². The van der Waals surface area contributed by atoms with E-state index in [2.05, 4.69) is 20.6 Å². The molecule has 0 radical (unpaired) electrons. The van der Waals surface area contributed by atoms with Gasteiger partial charge >= 0.3 is 18.3 Å². The maximum absolute atomic E-state index is 16.7. The number of carbonyl (C=O) groups is 3. The number of anilines is 4. The number of hydrogen-bond donors (Lipinski definition) is 2. The molecule has 0 saturated heterocycles. The molecule has 2 aromatic heterocycles. The maximum atomic E-state index is 16.7. The first-order chi connectivity index (χ1) is 23.5. The van der Waals surface area contributed by atoms with Gasteiger partial charge in [-0.15, -0.1) is 0 Å². The topological polar surface area (TPSA) is 144 Å². The molecule has 0 aliphatic carbocycles. The number of nitrogens with one attached hydrogen (secondary N) is 2. The van der Waals surface area contributed by atoms with Crippen molar-refractivity contribution in [3.8, 4) is 22.8 Å². The highest BCUT2D eigenvalue weighted by Crippen LogP contribution is 2.43.